The standard InChI is InChI=1S/C19H29N3O3/c1-4-14(2)20-18(25)19(10-7-5-6-8-11-19)21-17(24)15-9-12-22(3)16(23)13-15/h9,12-14H,4-8,10-11H2,1-3H3,(H,20,25)(H,21,24)/t14-/m1/s1. The third-order valence-electron chi connectivity index (χ3n) is 5.10. The summed E-state index contributed by atoms with van der Waals surface area (Å²) in [6.45, 7) is 3.98. The second-order valence-corrected chi connectivity index (χ2v) is 7.10. The molecule has 1 heterocycles. The zero-order valence-corrected chi connectivity index (χ0v) is 15.4. The van der Waals surface area contributed by atoms with Crippen LogP contribution in [0.1, 0.15) is 69.2 Å². The lowest BCUT2D eigenvalue weighted by Crippen LogP contribution is -2.59. The second-order valence-electron chi connectivity index (χ2n) is 7.10. The monoisotopic (exact) mass is 347 g/mol. The predicted octanol–water partition coefficient (Wildman–Crippen LogP) is 2.12. The summed E-state index contributed by atoms with van der Waals surface area (Å²) in [5.41, 5.74) is -0.840. The highest BCUT2D eigenvalue weighted by molar-refractivity contribution is 5.99. The molecular weight excluding hydrogens is 318 g/mol. The molecule has 1 fully saturated rings. The van der Waals surface area contributed by atoms with Crippen molar-refractivity contribution in [3.63, 3.8) is 0 Å². The molecule has 1 aromatic rings. The smallest absolute Gasteiger partial charge is 0.252 e. The Hall–Kier alpha value is -2.11. The Bertz CT molecular complexity index is 673. The van der Waals surface area contributed by atoms with Gasteiger partial charge in [-0.3, -0.25) is 14.4 Å². The molecule has 0 spiro atoms. The zero-order valence-electron chi connectivity index (χ0n) is 15.4. The first-order valence-electron chi connectivity index (χ1n) is 9.18. The number of nitrogens with one attached hydrogen (secondary N) is 2. The fourth-order valence-electron chi connectivity index (χ4n) is 3.18. The number of hydrogen-bond donors (Lipinski definition) is 2. The Morgan fingerprint density at radius 1 is 1.24 bits per heavy atom. The van der Waals surface area contributed by atoms with E-state index in [4.69, 9.17) is 0 Å². The predicted molar refractivity (Wildman–Crippen MR) is 97.5 cm³/mol. The van der Waals surface area contributed by atoms with Crippen molar-refractivity contribution in [1.82, 2.24) is 15.2 Å². The van der Waals surface area contributed by atoms with Crippen LogP contribution in [0.4, 0.5) is 0 Å². The summed E-state index contributed by atoms with van der Waals surface area (Å²) in [5, 5.41) is 5.99. The average Bonchev–Trinajstić information content (AvgIpc) is 2.83. The van der Waals surface area contributed by atoms with Gasteiger partial charge in [-0.2, -0.15) is 0 Å². The molecule has 0 aromatic carbocycles. The fourth-order valence-corrected chi connectivity index (χ4v) is 3.18. The van der Waals surface area contributed by atoms with Gasteiger partial charge in [0.15, 0.2) is 0 Å². The number of amides is 2. The van der Waals surface area contributed by atoms with Crippen LogP contribution in [0, 0.1) is 0 Å². The minimum Gasteiger partial charge on any atom is -0.352 e. The van der Waals surface area contributed by atoms with Crippen LogP contribution in [0.25, 0.3) is 0 Å². The van der Waals surface area contributed by atoms with Gasteiger partial charge in [0.1, 0.15) is 5.54 Å². The van der Waals surface area contributed by atoms with Gasteiger partial charge in [-0.15, -0.1) is 0 Å². The maximum Gasteiger partial charge on any atom is 0.252 e. The number of aryl methyl sites for hydroxylation is 1. The van der Waals surface area contributed by atoms with E-state index in [-0.39, 0.29) is 23.4 Å². The van der Waals surface area contributed by atoms with Crippen molar-refractivity contribution < 1.29 is 9.59 Å². The Labute approximate surface area is 149 Å². The molecule has 0 radical (unpaired) electrons. The first-order chi connectivity index (χ1) is 11.9. The van der Waals surface area contributed by atoms with E-state index in [1.165, 1.54) is 10.6 Å². The first kappa shape index (κ1) is 19.2. The van der Waals surface area contributed by atoms with Crippen LogP contribution in [0.3, 0.4) is 0 Å². The molecular formula is C19H29N3O3. The van der Waals surface area contributed by atoms with E-state index >= 15 is 0 Å². The molecule has 1 aliphatic carbocycles. The van der Waals surface area contributed by atoms with E-state index in [2.05, 4.69) is 10.6 Å². The molecule has 6 nitrogen and oxygen atoms in total. The van der Waals surface area contributed by atoms with Gasteiger partial charge >= 0.3 is 0 Å². The normalized spacial score (nSPS) is 18.0. The Morgan fingerprint density at radius 3 is 2.44 bits per heavy atom. The molecule has 1 saturated carbocycles. The molecule has 2 rings (SSSR count). The average molecular weight is 347 g/mol. The van der Waals surface area contributed by atoms with Crippen LogP contribution in [0.15, 0.2) is 23.1 Å². The lowest BCUT2D eigenvalue weighted by atomic mass is 9.88. The summed E-state index contributed by atoms with van der Waals surface area (Å²) in [4.78, 5) is 37.4. The van der Waals surface area contributed by atoms with Crippen molar-refractivity contribution in [2.24, 2.45) is 7.05 Å². The number of rotatable bonds is 5. The summed E-state index contributed by atoms with van der Waals surface area (Å²) in [6.07, 6.45) is 7.62. The van der Waals surface area contributed by atoms with Crippen LogP contribution in [-0.4, -0.2) is 28.0 Å². The minimum absolute atomic E-state index is 0.0635. The summed E-state index contributed by atoms with van der Waals surface area (Å²) in [6, 6.07) is 2.98. The molecule has 1 aliphatic rings. The number of carbonyl (C=O) groups is 2. The molecule has 0 saturated heterocycles. The topological polar surface area (TPSA) is 80.2 Å². The van der Waals surface area contributed by atoms with Crippen molar-refractivity contribution in [3.8, 4) is 0 Å². The Balaban J connectivity index is 2.25. The fraction of sp³-hybridized carbons (Fsp3) is 0.632. The van der Waals surface area contributed by atoms with E-state index in [1.807, 2.05) is 13.8 Å². The molecule has 2 amide bonds. The molecule has 0 bridgehead atoms. The summed E-state index contributed by atoms with van der Waals surface area (Å²) < 4.78 is 1.41. The quantitative estimate of drug-likeness (QED) is 0.801. The Morgan fingerprint density at radius 2 is 1.88 bits per heavy atom. The highest BCUT2D eigenvalue weighted by Crippen LogP contribution is 2.28. The van der Waals surface area contributed by atoms with E-state index in [0.29, 0.717) is 18.4 Å². The highest BCUT2D eigenvalue weighted by atomic mass is 16.2. The van der Waals surface area contributed by atoms with Crippen molar-refractivity contribution in [1.29, 1.82) is 0 Å². The van der Waals surface area contributed by atoms with Crippen molar-refractivity contribution in [2.75, 3.05) is 0 Å². The van der Waals surface area contributed by atoms with E-state index < -0.39 is 5.54 Å². The van der Waals surface area contributed by atoms with Crippen LogP contribution in [0.5, 0.6) is 0 Å². The summed E-state index contributed by atoms with van der Waals surface area (Å²) in [7, 11) is 1.64. The third-order valence-corrected chi connectivity index (χ3v) is 5.10. The number of hydrogen-bond acceptors (Lipinski definition) is 3. The lowest BCUT2D eigenvalue weighted by molar-refractivity contribution is -0.128. The molecule has 6 heteroatoms. The lowest BCUT2D eigenvalue weighted by Gasteiger charge is -2.33. The zero-order chi connectivity index (χ0) is 18.4. The SMILES string of the molecule is CC[C@@H](C)NC(=O)C1(NC(=O)c2ccn(C)c(=O)c2)CCCCCC1. The molecule has 0 aliphatic heterocycles. The molecule has 138 valence electrons. The van der Waals surface area contributed by atoms with Crippen LogP contribution in [-0.2, 0) is 11.8 Å². The number of aromatic nitrogens is 1. The largest absolute Gasteiger partial charge is 0.352 e. The Kier molecular flexibility index (Phi) is 6.39. The summed E-state index contributed by atoms with van der Waals surface area (Å²) in [5.74, 6) is -0.472. The number of pyridine rings is 1. The summed E-state index contributed by atoms with van der Waals surface area (Å²) >= 11 is 0. The number of nitrogens with zero attached hydrogens (tertiary/aromatic N) is 1. The maximum atomic E-state index is 12.9. The van der Waals surface area contributed by atoms with Gasteiger partial charge in [0, 0.05) is 30.9 Å². The first-order valence-corrected chi connectivity index (χ1v) is 9.18. The van der Waals surface area contributed by atoms with Crippen LogP contribution in [0.2, 0.25) is 0 Å². The van der Waals surface area contributed by atoms with Crippen LogP contribution < -0.4 is 16.2 Å². The molecule has 25 heavy (non-hydrogen) atoms. The van der Waals surface area contributed by atoms with Gasteiger partial charge in [-0.05, 0) is 32.3 Å². The van der Waals surface area contributed by atoms with Gasteiger partial charge < -0.3 is 15.2 Å². The highest BCUT2D eigenvalue weighted by Gasteiger charge is 2.40. The molecule has 0 unspecified atom stereocenters. The van der Waals surface area contributed by atoms with E-state index in [9.17, 15) is 14.4 Å². The van der Waals surface area contributed by atoms with Gasteiger partial charge in [0.25, 0.3) is 11.5 Å². The van der Waals surface area contributed by atoms with E-state index in [0.717, 1.165) is 32.1 Å². The molecule has 1 atom stereocenters. The van der Waals surface area contributed by atoms with Gasteiger partial charge in [0.05, 0.1) is 0 Å². The van der Waals surface area contributed by atoms with Gasteiger partial charge in [0.2, 0.25) is 5.91 Å². The second kappa shape index (κ2) is 8.32. The molecule has 1 aromatic heterocycles. The van der Waals surface area contributed by atoms with Crippen molar-refractivity contribution in [2.45, 2.75) is 70.4 Å². The third kappa shape index (κ3) is 4.71. The van der Waals surface area contributed by atoms with E-state index in [1.54, 1.807) is 19.3 Å². The molecule has 2 N–H and O–H groups in total. The number of carbonyl (C=O) groups excluding carboxylic acids is 2. The van der Waals surface area contributed by atoms with Gasteiger partial charge in [-0.25, -0.2) is 0 Å². The van der Waals surface area contributed by atoms with Crippen molar-refractivity contribution >= 4 is 11.8 Å². The maximum absolute atomic E-state index is 12.9. The van der Waals surface area contributed by atoms with Crippen molar-refractivity contribution in [3.05, 3.63) is 34.2 Å². The van der Waals surface area contributed by atoms with Crippen LogP contribution >= 0.6 is 0 Å². The van der Waals surface area contributed by atoms with Gasteiger partial charge in [-0.1, -0.05) is 32.6 Å². The minimum atomic E-state index is -0.891.